The summed E-state index contributed by atoms with van der Waals surface area (Å²) in [5.74, 6) is -0.790. The fourth-order valence-electron chi connectivity index (χ4n) is 2.44. The van der Waals surface area contributed by atoms with Gasteiger partial charge in [-0.3, -0.25) is 10.2 Å². The van der Waals surface area contributed by atoms with Crippen molar-refractivity contribution in [1.29, 1.82) is 0 Å². The van der Waals surface area contributed by atoms with Gasteiger partial charge in [-0.1, -0.05) is 11.6 Å². The molecule has 25 heavy (non-hydrogen) atoms. The Morgan fingerprint density at radius 3 is 2.64 bits per heavy atom. The molecule has 0 aliphatic carbocycles. The summed E-state index contributed by atoms with van der Waals surface area (Å²) in [6.45, 7) is 2.18. The molecular formula is C14H19ClN4O5S. The van der Waals surface area contributed by atoms with E-state index in [4.69, 9.17) is 11.6 Å². The Balaban J connectivity index is 1.92. The van der Waals surface area contributed by atoms with E-state index in [9.17, 15) is 18.0 Å². The third kappa shape index (κ3) is 4.80. The Kier molecular flexibility index (Phi) is 6.57. The van der Waals surface area contributed by atoms with Crippen LogP contribution in [0.4, 0.5) is 4.79 Å². The van der Waals surface area contributed by atoms with Gasteiger partial charge in [0.25, 0.3) is 0 Å². The molecule has 2 amide bonds. The summed E-state index contributed by atoms with van der Waals surface area (Å²) in [7, 11) is -3.76. The van der Waals surface area contributed by atoms with E-state index in [1.807, 2.05) is 0 Å². The van der Waals surface area contributed by atoms with Crippen LogP contribution in [0.15, 0.2) is 23.2 Å². The van der Waals surface area contributed by atoms with Crippen molar-refractivity contribution < 1.29 is 22.7 Å². The predicted octanol–water partition coefficient (Wildman–Crippen LogP) is 0.913. The number of pyridine rings is 1. The van der Waals surface area contributed by atoms with Gasteiger partial charge < -0.3 is 4.74 Å². The fourth-order valence-corrected chi connectivity index (χ4v) is 4.34. The Bertz CT molecular complexity index is 734. The van der Waals surface area contributed by atoms with Crippen molar-refractivity contribution in [3.8, 4) is 0 Å². The van der Waals surface area contributed by atoms with Crippen molar-refractivity contribution in [3.63, 3.8) is 0 Å². The maximum atomic E-state index is 12.6. The number of rotatable bonds is 4. The van der Waals surface area contributed by atoms with Crippen molar-refractivity contribution in [2.45, 2.75) is 24.7 Å². The second-order valence-corrected chi connectivity index (χ2v) is 7.57. The van der Waals surface area contributed by atoms with Crippen molar-refractivity contribution in [2.75, 3.05) is 19.7 Å². The smallest absolute Gasteiger partial charge is 0.426 e. The lowest BCUT2D eigenvalue weighted by Crippen LogP contribution is -2.48. The van der Waals surface area contributed by atoms with Crippen LogP contribution in [0.3, 0.4) is 0 Å². The summed E-state index contributed by atoms with van der Waals surface area (Å²) in [6, 6.07) is 2.90. The van der Waals surface area contributed by atoms with Gasteiger partial charge in [0.15, 0.2) is 0 Å². The molecule has 0 spiro atoms. The third-order valence-corrected chi connectivity index (χ3v) is 6.07. The van der Waals surface area contributed by atoms with Crippen molar-refractivity contribution in [1.82, 2.24) is 20.1 Å². The number of amides is 2. The number of piperidine rings is 1. The molecule has 138 valence electrons. The standard InChI is InChI=1S/C14H19ClN4O5S/c1-2-24-14(21)18-17-13(20)10-5-8-19(9-6-10)25(22,23)11-4-3-7-16-12(11)15/h3-4,7,10H,2,5-6,8-9H2,1H3,(H,17,20)(H,18,21). The Morgan fingerprint density at radius 1 is 1.36 bits per heavy atom. The lowest BCUT2D eigenvalue weighted by Gasteiger charge is -2.30. The van der Waals surface area contributed by atoms with Gasteiger partial charge in [-0.25, -0.2) is 23.6 Å². The molecule has 0 saturated carbocycles. The van der Waals surface area contributed by atoms with Crippen LogP contribution in [-0.4, -0.2) is 49.4 Å². The highest BCUT2D eigenvalue weighted by atomic mass is 35.5. The van der Waals surface area contributed by atoms with E-state index in [0.717, 1.165) is 0 Å². The number of hydrogen-bond donors (Lipinski definition) is 2. The maximum absolute atomic E-state index is 12.6. The quantitative estimate of drug-likeness (QED) is 0.583. The number of nitrogens with zero attached hydrogens (tertiary/aromatic N) is 2. The Hall–Kier alpha value is -1.91. The zero-order valence-electron chi connectivity index (χ0n) is 13.6. The van der Waals surface area contributed by atoms with Gasteiger partial charge in [-0.15, -0.1) is 0 Å². The molecule has 1 aromatic rings. The zero-order valence-corrected chi connectivity index (χ0v) is 15.1. The third-order valence-electron chi connectivity index (χ3n) is 3.73. The molecule has 0 atom stereocenters. The second-order valence-electron chi connectivity index (χ2n) is 5.31. The number of ether oxygens (including phenoxy) is 1. The van der Waals surface area contributed by atoms with Gasteiger partial charge in [0.05, 0.1) is 6.61 Å². The van der Waals surface area contributed by atoms with Crippen LogP contribution in [0.25, 0.3) is 0 Å². The van der Waals surface area contributed by atoms with E-state index in [2.05, 4.69) is 20.6 Å². The number of carbonyl (C=O) groups excluding carboxylic acids is 2. The molecule has 1 aliphatic rings. The average Bonchev–Trinajstić information content (AvgIpc) is 2.60. The van der Waals surface area contributed by atoms with Crippen LogP contribution < -0.4 is 10.9 Å². The first kappa shape index (κ1) is 19.4. The molecule has 11 heteroatoms. The van der Waals surface area contributed by atoms with Crippen molar-refractivity contribution in [2.24, 2.45) is 5.92 Å². The molecule has 1 aromatic heterocycles. The van der Waals surface area contributed by atoms with Crippen molar-refractivity contribution >= 4 is 33.6 Å². The molecule has 2 N–H and O–H groups in total. The summed E-state index contributed by atoms with van der Waals surface area (Å²) in [5, 5.41) is -0.0824. The highest BCUT2D eigenvalue weighted by Gasteiger charge is 2.33. The monoisotopic (exact) mass is 390 g/mol. The molecule has 0 bridgehead atoms. The summed E-state index contributed by atoms with van der Waals surface area (Å²) >= 11 is 5.87. The molecule has 1 saturated heterocycles. The summed E-state index contributed by atoms with van der Waals surface area (Å²) < 4.78 is 31.1. The topological polar surface area (TPSA) is 118 Å². The minimum Gasteiger partial charge on any atom is -0.449 e. The van der Waals surface area contributed by atoms with E-state index in [1.165, 1.54) is 22.6 Å². The summed E-state index contributed by atoms with van der Waals surface area (Å²) in [6.07, 6.45) is 1.32. The minimum atomic E-state index is -3.76. The van der Waals surface area contributed by atoms with E-state index in [0.29, 0.717) is 12.8 Å². The lowest BCUT2D eigenvalue weighted by molar-refractivity contribution is -0.127. The van der Waals surface area contributed by atoms with Crippen LogP contribution in [-0.2, 0) is 19.6 Å². The molecule has 2 rings (SSSR count). The van der Waals surface area contributed by atoms with Gasteiger partial charge in [-0.2, -0.15) is 4.31 Å². The number of carbonyl (C=O) groups is 2. The van der Waals surface area contributed by atoms with Gasteiger partial charge in [-0.05, 0) is 31.9 Å². The number of halogens is 1. The second kappa shape index (κ2) is 8.45. The first-order chi connectivity index (χ1) is 11.9. The number of nitrogens with one attached hydrogen (secondary N) is 2. The van der Waals surface area contributed by atoms with E-state index in [1.54, 1.807) is 6.92 Å². The molecule has 1 fully saturated rings. The maximum Gasteiger partial charge on any atom is 0.426 e. The minimum absolute atomic E-state index is 0.0523. The van der Waals surface area contributed by atoms with E-state index in [-0.39, 0.29) is 35.7 Å². The fraction of sp³-hybridized carbons (Fsp3) is 0.500. The summed E-state index contributed by atoms with van der Waals surface area (Å²) in [5.41, 5.74) is 4.41. The van der Waals surface area contributed by atoms with Crippen LogP contribution in [0.5, 0.6) is 0 Å². The summed E-state index contributed by atoms with van der Waals surface area (Å²) in [4.78, 5) is 26.9. The first-order valence-electron chi connectivity index (χ1n) is 7.69. The zero-order chi connectivity index (χ0) is 18.4. The van der Waals surface area contributed by atoms with Crippen LogP contribution >= 0.6 is 11.6 Å². The van der Waals surface area contributed by atoms with Gasteiger partial charge in [0, 0.05) is 25.2 Å². The lowest BCUT2D eigenvalue weighted by atomic mass is 9.98. The number of hydrazine groups is 1. The van der Waals surface area contributed by atoms with E-state index < -0.39 is 22.0 Å². The Labute approximate surface area is 150 Å². The SMILES string of the molecule is CCOC(=O)NNC(=O)C1CCN(S(=O)(=O)c2cccnc2Cl)CC1. The van der Waals surface area contributed by atoms with E-state index >= 15 is 0 Å². The highest BCUT2D eigenvalue weighted by Crippen LogP contribution is 2.26. The normalized spacial score (nSPS) is 16.2. The molecule has 9 nitrogen and oxygen atoms in total. The molecule has 0 radical (unpaired) electrons. The number of aromatic nitrogens is 1. The van der Waals surface area contributed by atoms with Crippen molar-refractivity contribution in [3.05, 3.63) is 23.5 Å². The van der Waals surface area contributed by atoms with Crippen LogP contribution in [0, 0.1) is 5.92 Å². The largest absolute Gasteiger partial charge is 0.449 e. The molecule has 0 aromatic carbocycles. The first-order valence-corrected chi connectivity index (χ1v) is 9.51. The number of sulfonamides is 1. The average molecular weight is 391 g/mol. The van der Waals surface area contributed by atoms with Gasteiger partial charge in [0.2, 0.25) is 15.9 Å². The van der Waals surface area contributed by atoms with Crippen LogP contribution in [0.2, 0.25) is 5.15 Å². The molecule has 2 heterocycles. The predicted molar refractivity (Wildman–Crippen MR) is 89.0 cm³/mol. The molecular weight excluding hydrogens is 372 g/mol. The number of hydrogen-bond acceptors (Lipinski definition) is 6. The van der Waals surface area contributed by atoms with Gasteiger partial charge in [0.1, 0.15) is 10.0 Å². The highest BCUT2D eigenvalue weighted by molar-refractivity contribution is 7.89. The Morgan fingerprint density at radius 2 is 2.04 bits per heavy atom. The van der Waals surface area contributed by atoms with Crippen LogP contribution in [0.1, 0.15) is 19.8 Å². The molecule has 0 unspecified atom stereocenters. The molecule has 1 aliphatic heterocycles. The van der Waals surface area contributed by atoms with Gasteiger partial charge >= 0.3 is 6.09 Å².